The minimum absolute atomic E-state index is 0.0715. The van der Waals surface area contributed by atoms with E-state index in [9.17, 15) is 18.2 Å². The fourth-order valence-electron chi connectivity index (χ4n) is 3.84. The van der Waals surface area contributed by atoms with Crippen LogP contribution in [0.5, 0.6) is 0 Å². The summed E-state index contributed by atoms with van der Waals surface area (Å²) in [4.78, 5) is 17.3. The first-order valence-corrected chi connectivity index (χ1v) is 11.5. The Bertz CT molecular complexity index is 1300. The maximum absolute atomic E-state index is 13.2. The minimum atomic E-state index is -3.74. The predicted molar refractivity (Wildman–Crippen MR) is 121 cm³/mol. The zero-order valence-electron chi connectivity index (χ0n) is 16.8. The van der Waals surface area contributed by atoms with Gasteiger partial charge in [-0.15, -0.1) is 0 Å². The van der Waals surface area contributed by atoms with Crippen molar-refractivity contribution in [2.45, 2.75) is 12.3 Å². The molecule has 4 rings (SSSR count). The number of hydrazone groups is 1. The summed E-state index contributed by atoms with van der Waals surface area (Å²) >= 11 is 0. The predicted octanol–water partition coefficient (Wildman–Crippen LogP) is 0.386. The molecule has 0 radical (unpaired) electrons. The maximum atomic E-state index is 13.2. The average molecular weight is 436 g/mol. The highest BCUT2D eigenvalue weighted by Crippen LogP contribution is 2.24. The number of benzene rings is 2. The molecule has 0 saturated carbocycles. The van der Waals surface area contributed by atoms with Gasteiger partial charge in [0.1, 0.15) is 5.78 Å². The summed E-state index contributed by atoms with van der Waals surface area (Å²) in [5.74, 6) is -0.691. The largest absolute Gasteiger partial charge is 0.484 e. The topological polar surface area (TPSA) is 126 Å². The van der Waals surface area contributed by atoms with Crippen LogP contribution in [0.2, 0.25) is 0 Å². The fraction of sp³-hybridized carbons (Fsp3) is 0.190. The van der Waals surface area contributed by atoms with Crippen molar-refractivity contribution in [1.29, 1.82) is 0 Å². The summed E-state index contributed by atoms with van der Waals surface area (Å²) in [6.45, 7) is 0.0759. The maximum Gasteiger partial charge on any atom is 0.484 e. The van der Waals surface area contributed by atoms with Crippen LogP contribution in [0.4, 0.5) is 0 Å². The Balaban J connectivity index is 1.65. The zero-order valence-corrected chi connectivity index (χ0v) is 17.7. The van der Waals surface area contributed by atoms with Gasteiger partial charge in [0, 0.05) is 30.7 Å². The highest BCUT2D eigenvalue weighted by molar-refractivity contribution is 7.89. The number of ketones is 1. The molecule has 2 aromatic carbocycles. The second-order valence-corrected chi connectivity index (χ2v) is 9.33. The Morgan fingerprint density at radius 2 is 2.03 bits per heavy atom. The number of nitrogens with zero attached hydrogens (tertiary/aromatic N) is 3. The normalized spacial score (nSPS) is 14.5. The van der Waals surface area contributed by atoms with Gasteiger partial charge in [-0.25, -0.2) is 12.7 Å². The summed E-state index contributed by atoms with van der Waals surface area (Å²) < 4.78 is 24.4. The molecule has 0 saturated heterocycles. The van der Waals surface area contributed by atoms with Crippen molar-refractivity contribution < 1.29 is 18.2 Å². The number of fused-ring (bicyclic) bond motifs is 2. The molecule has 3 aromatic rings. The second kappa shape index (κ2) is 8.22. The standard InChI is InChI=1S/C21H21BN4O4S/c1-31(29,30)26-22(28)20-4-2-3-17(19(20)13-25-26)18(11-23)21(27)10-14-5-6-16-12-24-8-7-15(16)9-14/h2-9,12-13,18,28H,10-11,23H2,1H3/t18-/m1/s1. The van der Waals surface area contributed by atoms with E-state index in [4.69, 9.17) is 5.73 Å². The third kappa shape index (κ3) is 4.09. The fourth-order valence-corrected chi connectivity index (χ4v) is 4.54. The molecule has 10 heteroatoms. The summed E-state index contributed by atoms with van der Waals surface area (Å²) in [6.07, 6.45) is 5.99. The van der Waals surface area contributed by atoms with Gasteiger partial charge in [-0.3, -0.25) is 9.78 Å². The Morgan fingerprint density at radius 3 is 2.77 bits per heavy atom. The molecule has 0 fully saturated rings. The number of aromatic nitrogens is 1. The minimum Gasteiger partial charge on any atom is -0.427 e. The Labute approximate surface area is 180 Å². The van der Waals surface area contributed by atoms with Gasteiger partial charge in [0.05, 0.1) is 18.4 Å². The SMILES string of the molecule is CS(=O)(=O)N1N=Cc2c(cccc2[C@@H](CN)C(=O)Cc2ccc3cnccc3c2)B1O. The van der Waals surface area contributed by atoms with Gasteiger partial charge < -0.3 is 10.8 Å². The highest BCUT2D eigenvalue weighted by Gasteiger charge is 2.37. The highest BCUT2D eigenvalue weighted by atomic mass is 32.2. The number of rotatable bonds is 6. The zero-order chi connectivity index (χ0) is 22.2. The summed E-state index contributed by atoms with van der Waals surface area (Å²) in [5.41, 5.74) is 8.33. The molecule has 1 aromatic heterocycles. The molecule has 3 N–H and O–H groups in total. The lowest BCUT2D eigenvalue weighted by Gasteiger charge is -2.27. The molecule has 1 aliphatic heterocycles. The van der Waals surface area contributed by atoms with Crippen LogP contribution >= 0.6 is 0 Å². The van der Waals surface area contributed by atoms with Crippen LogP contribution in [-0.2, 0) is 21.2 Å². The van der Waals surface area contributed by atoms with E-state index in [-0.39, 0.29) is 18.7 Å². The molecular weight excluding hydrogens is 415 g/mol. The molecular formula is C21H21BN4O4S. The van der Waals surface area contributed by atoms with Gasteiger partial charge in [-0.1, -0.05) is 36.4 Å². The number of carbonyl (C=O) groups is 1. The van der Waals surface area contributed by atoms with Gasteiger partial charge in [0.2, 0.25) is 10.0 Å². The smallest absolute Gasteiger partial charge is 0.427 e. The van der Waals surface area contributed by atoms with Crippen molar-refractivity contribution in [1.82, 2.24) is 9.31 Å². The third-order valence-corrected chi connectivity index (χ3v) is 6.36. The van der Waals surface area contributed by atoms with Gasteiger partial charge in [-0.2, -0.15) is 5.10 Å². The van der Waals surface area contributed by atoms with Crippen LogP contribution in [0.25, 0.3) is 10.8 Å². The molecule has 158 valence electrons. The van der Waals surface area contributed by atoms with E-state index >= 15 is 0 Å². The first-order chi connectivity index (χ1) is 14.8. The van der Waals surface area contributed by atoms with Crippen LogP contribution < -0.4 is 11.2 Å². The van der Waals surface area contributed by atoms with Crippen LogP contribution in [0.3, 0.4) is 0 Å². The molecule has 2 heterocycles. The number of hydrogen-bond acceptors (Lipinski definition) is 7. The van der Waals surface area contributed by atoms with E-state index < -0.39 is 23.0 Å². The number of sulfonamides is 1. The Kier molecular flexibility index (Phi) is 5.61. The molecule has 1 atom stereocenters. The van der Waals surface area contributed by atoms with Crippen molar-refractivity contribution in [3.8, 4) is 0 Å². The van der Waals surface area contributed by atoms with Crippen molar-refractivity contribution >= 4 is 45.3 Å². The van der Waals surface area contributed by atoms with Crippen molar-refractivity contribution in [2.75, 3.05) is 12.8 Å². The summed E-state index contributed by atoms with van der Waals surface area (Å²) in [7, 11) is -5.20. The first-order valence-electron chi connectivity index (χ1n) is 9.69. The van der Waals surface area contributed by atoms with Crippen molar-refractivity contribution in [3.05, 3.63) is 71.5 Å². The van der Waals surface area contributed by atoms with E-state index in [1.807, 2.05) is 24.3 Å². The molecule has 0 spiro atoms. The number of carbonyl (C=O) groups excluding carboxylic acids is 1. The van der Waals surface area contributed by atoms with E-state index in [2.05, 4.69) is 10.1 Å². The van der Waals surface area contributed by atoms with E-state index in [0.717, 1.165) is 22.6 Å². The summed E-state index contributed by atoms with van der Waals surface area (Å²) in [6, 6.07) is 12.7. The number of pyridine rings is 1. The molecule has 0 unspecified atom stereocenters. The lowest BCUT2D eigenvalue weighted by Crippen LogP contribution is -2.52. The van der Waals surface area contributed by atoms with E-state index in [1.54, 1.807) is 30.6 Å². The quantitative estimate of drug-likeness (QED) is 0.539. The first kappa shape index (κ1) is 21.2. The molecule has 31 heavy (non-hydrogen) atoms. The van der Waals surface area contributed by atoms with E-state index in [1.165, 1.54) is 6.21 Å². The van der Waals surface area contributed by atoms with Gasteiger partial charge in [0.25, 0.3) is 0 Å². The van der Waals surface area contributed by atoms with E-state index in [0.29, 0.717) is 20.9 Å². The molecule has 0 aliphatic carbocycles. The molecule has 0 amide bonds. The molecule has 1 aliphatic rings. The number of nitrogens with two attached hydrogens (primary N) is 1. The van der Waals surface area contributed by atoms with Crippen LogP contribution in [0.1, 0.15) is 22.6 Å². The van der Waals surface area contributed by atoms with Crippen LogP contribution in [0, 0.1) is 0 Å². The van der Waals surface area contributed by atoms with Crippen LogP contribution in [-0.4, -0.2) is 54.6 Å². The second-order valence-electron chi connectivity index (χ2n) is 7.49. The monoisotopic (exact) mass is 436 g/mol. The van der Waals surface area contributed by atoms with Gasteiger partial charge in [-0.05, 0) is 33.6 Å². The van der Waals surface area contributed by atoms with Crippen molar-refractivity contribution in [2.24, 2.45) is 10.8 Å². The van der Waals surface area contributed by atoms with Crippen molar-refractivity contribution in [3.63, 3.8) is 0 Å². The lowest BCUT2D eigenvalue weighted by molar-refractivity contribution is -0.119. The third-order valence-electron chi connectivity index (χ3n) is 5.38. The average Bonchev–Trinajstić information content (AvgIpc) is 2.74. The number of hydrogen-bond donors (Lipinski definition) is 2. The lowest BCUT2D eigenvalue weighted by atomic mass is 9.69. The molecule has 8 nitrogen and oxygen atoms in total. The Morgan fingerprint density at radius 1 is 1.23 bits per heavy atom. The molecule has 0 bridgehead atoms. The van der Waals surface area contributed by atoms with Gasteiger partial charge in [0.15, 0.2) is 0 Å². The van der Waals surface area contributed by atoms with Gasteiger partial charge >= 0.3 is 7.05 Å². The Hall–Kier alpha value is -3.08. The summed E-state index contributed by atoms with van der Waals surface area (Å²) in [5, 5.41) is 16.4. The number of Topliss-reactive ketones (excluding diaryl/α,β-unsaturated/α-hetero) is 1. The van der Waals surface area contributed by atoms with Crippen LogP contribution in [0.15, 0.2) is 60.0 Å².